The molecule has 2 aromatic rings. The van der Waals surface area contributed by atoms with Gasteiger partial charge < -0.3 is 6.15 Å². The fourth-order valence-electron chi connectivity index (χ4n) is 1.34. The fourth-order valence-corrected chi connectivity index (χ4v) is 1.75. The van der Waals surface area contributed by atoms with Gasteiger partial charge in [-0.1, -0.05) is 65.7 Å². The molecule has 3 N–H and O–H groups in total. The topological polar surface area (TPSA) is 35.0 Å². The van der Waals surface area contributed by atoms with Gasteiger partial charge in [0.1, 0.15) is 0 Å². The van der Waals surface area contributed by atoms with Crippen LogP contribution in [0.5, 0.6) is 0 Å². The van der Waals surface area contributed by atoms with Crippen molar-refractivity contribution in [3.8, 4) is 11.1 Å². The van der Waals surface area contributed by atoms with Gasteiger partial charge in [0.2, 0.25) is 0 Å². The molecule has 0 atom stereocenters. The van der Waals surface area contributed by atoms with Crippen molar-refractivity contribution < 1.29 is 0 Å². The van der Waals surface area contributed by atoms with E-state index in [1.807, 2.05) is 42.5 Å². The highest BCUT2D eigenvalue weighted by Gasteiger charge is 2.05. The predicted molar refractivity (Wildman–Crippen MR) is 66.9 cm³/mol. The number of halogens is 2. The minimum absolute atomic E-state index is 0. The Labute approximate surface area is 99.2 Å². The van der Waals surface area contributed by atoms with Crippen molar-refractivity contribution in [2.45, 2.75) is 0 Å². The molecule has 0 spiro atoms. The summed E-state index contributed by atoms with van der Waals surface area (Å²) >= 11 is 12.0. The normalized spacial score (nSPS) is 9.47. The minimum Gasteiger partial charge on any atom is -0.344 e. The van der Waals surface area contributed by atoms with Crippen LogP contribution < -0.4 is 6.15 Å². The van der Waals surface area contributed by atoms with Crippen molar-refractivity contribution in [2.24, 2.45) is 0 Å². The smallest absolute Gasteiger partial charge is 0.0670 e. The molecule has 0 amide bonds. The second-order valence-corrected chi connectivity index (χ2v) is 3.75. The summed E-state index contributed by atoms with van der Waals surface area (Å²) in [5.41, 5.74) is 2.06. The summed E-state index contributed by atoms with van der Waals surface area (Å²) in [6.45, 7) is 0. The number of rotatable bonds is 1. The van der Waals surface area contributed by atoms with Crippen LogP contribution >= 0.6 is 23.2 Å². The van der Waals surface area contributed by atoms with Crippen LogP contribution in [-0.2, 0) is 0 Å². The van der Waals surface area contributed by atoms with E-state index in [4.69, 9.17) is 23.2 Å². The first-order valence-corrected chi connectivity index (χ1v) is 5.04. The molecule has 0 aliphatic rings. The summed E-state index contributed by atoms with van der Waals surface area (Å²) in [5, 5.41) is 1.20. The zero-order chi connectivity index (χ0) is 9.97. The molecule has 0 bridgehead atoms. The highest BCUT2D eigenvalue weighted by atomic mass is 35.5. The molecule has 0 aliphatic carbocycles. The van der Waals surface area contributed by atoms with E-state index < -0.39 is 0 Å². The van der Waals surface area contributed by atoms with Gasteiger partial charge in [0, 0.05) is 5.56 Å². The van der Waals surface area contributed by atoms with Gasteiger partial charge in [0.05, 0.1) is 10.0 Å². The van der Waals surface area contributed by atoms with Crippen molar-refractivity contribution in [3.05, 3.63) is 58.6 Å². The molecular weight excluding hydrogens is 229 g/mol. The van der Waals surface area contributed by atoms with E-state index >= 15 is 0 Å². The summed E-state index contributed by atoms with van der Waals surface area (Å²) < 4.78 is 0. The molecule has 0 radical (unpaired) electrons. The average Bonchev–Trinajstić information content (AvgIpc) is 2.23. The summed E-state index contributed by atoms with van der Waals surface area (Å²) in [6, 6.07) is 15.6. The minimum atomic E-state index is 0. The SMILES string of the molecule is Clc1cccc(-c2ccccc2)c1Cl.N. The lowest BCUT2D eigenvalue weighted by Gasteiger charge is -2.04. The molecule has 2 rings (SSSR count). The van der Waals surface area contributed by atoms with Crippen LogP contribution in [0.4, 0.5) is 0 Å². The second kappa shape index (κ2) is 5.17. The van der Waals surface area contributed by atoms with Gasteiger partial charge in [-0.2, -0.15) is 0 Å². The van der Waals surface area contributed by atoms with Crippen molar-refractivity contribution in [2.75, 3.05) is 0 Å². The lowest BCUT2D eigenvalue weighted by Crippen LogP contribution is -1.79. The van der Waals surface area contributed by atoms with E-state index in [-0.39, 0.29) is 6.15 Å². The molecule has 0 unspecified atom stereocenters. The lowest BCUT2D eigenvalue weighted by molar-refractivity contribution is 1.62. The third kappa shape index (κ3) is 2.51. The summed E-state index contributed by atoms with van der Waals surface area (Å²) in [5.74, 6) is 0. The highest BCUT2D eigenvalue weighted by Crippen LogP contribution is 2.32. The van der Waals surface area contributed by atoms with Crippen LogP contribution in [0.3, 0.4) is 0 Å². The Balaban J connectivity index is 0.00000112. The molecule has 15 heavy (non-hydrogen) atoms. The third-order valence-electron chi connectivity index (χ3n) is 2.04. The maximum Gasteiger partial charge on any atom is 0.0670 e. The van der Waals surface area contributed by atoms with Crippen LogP contribution in [0.2, 0.25) is 10.0 Å². The molecule has 0 heterocycles. The Bertz CT molecular complexity index is 441. The zero-order valence-electron chi connectivity index (χ0n) is 8.08. The van der Waals surface area contributed by atoms with E-state index in [1.165, 1.54) is 0 Å². The van der Waals surface area contributed by atoms with Crippen LogP contribution in [0, 0.1) is 0 Å². The van der Waals surface area contributed by atoms with Gasteiger partial charge in [0.15, 0.2) is 0 Å². The van der Waals surface area contributed by atoms with E-state index in [1.54, 1.807) is 6.07 Å². The molecule has 0 fully saturated rings. The first-order valence-electron chi connectivity index (χ1n) is 4.28. The zero-order valence-corrected chi connectivity index (χ0v) is 9.59. The van der Waals surface area contributed by atoms with Crippen LogP contribution in [0.25, 0.3) is 11.1 Å². The molecule has 3 heteroatoms. The van der Waals surface area contributed by atoms with Gasteiger partial charge in [0.25, 0.3) is 0 Å². The number of hydrogen-bond donors (Lipinski definition) is 1. The van der Waals surface area contributed by atoms with Gasteiger partial charge in [-0.25, -0.2) is 0 Å². The summed E-state index contributed by atoms with van der Waals surface area (Å²) in [4.78, 5) is 0. The van der Waals surface area contributed by atoms with E-state index in [2.05, 4.69) is 0 Å². The highest BCUT2D eigenvalue weighted by molar-refractivity contribution is 6.43. The van der Waals surface area contributed by atoms with Gasteiger partial charge in [-0.15, -0.1) is 0 Å². The van der Waals surface area contributed by atoms with Crippen molar-refractivity contribution in [1.29, 1.82) is 0 Å². The molecule has 78 valence electrons. The Kier molecular flexibility index (Phi) is 4.15. The molecule has 0 saturated carbocycles. The monoisotopic (exact) mass is 239 g/mol. The Morgan fingerprint density at radius 1 is 0.733 bits per heavy atom. The largest absolute Gasteiger partial charge is 0.344 e. The Hall–Kier alpha value is -1.02. The number of hydrogen-bond acceptors (Lipinski definition) is 1. The van der Waals surface area contributed by atoms with E-state index in [0.29, 0.717) is 10.0 Å². The molecule has 0 saturated heterocycles. The first kappa shape index (κ1) is 12.1. The molecular formula is C12H11Cl2N. The fraction of sp³-hybridized carbons (Fsp3) is 0. The van der Waals surface area contributed by atoms with E-state index in [9.17, 15) is 0 Å². The third-order valence-corrected chi connectivity index (χ3v) is 2.86. The molecule has 2 aromatic carbocycles. The van der Waals surface area contributed by atoms with Gasteiger partial charge in [-0.05, 0) is 11.6 Å². The lowest BCUT2D eigenvalue weighted by atomic mass is 10.1. The summed E-state index contributed by atoms with van der Waals surface area (Å²) in [7, 11) is 0. The van der Waals surface area contributed by atoms with E-state index in [0.717, 1.165) is 11.1 Å². The van der Waals surface area contributed by atoms with Crippen LogP contribution in [0.15, 0.2) is 48.5 Å². The quantitative estimate of drug-likeness (QED) is 0.761. The van der Waals surface area contributed by atoms with Gasteiger partial charge in [-0.3, -0.25) is 0 Å². The second-order valence-electron chi connectivity index (χ2n) is 2.97. The summed E-state index contributed by atoms with van der Waals surface area (Å²) in [6.07, 6.45) is 0. The standard InChI is InChI=1S/C12H8Cl2.H3N/c13-11-8-4-7-10(12(11)14)9-5-2-1-3-6-9;/h1-8H;1H3. The van der Waals surface area contributed by atoms with Gasteiger partial charge >= 0.3 is 0 Å². The van der Waals surface area contributed by atoms with Crippen molar-refractivity contribution in [3.63, 3.8) is 0 Å². The van der Waals surface area contributed by atoms with Crippen molar-refractivity contribution in [1.82, 2.24) is 6.15 Å². The molecule has 0 aromatic heterocycles. The maximum absolute atomic E-state index is 6.10. The Morgan fingerprint density at radius 2 is 1.40 bits per heavy atom. The first-order chi connectivity index (χ1) is 6.79. The van der Waals surface area contributed by atoms with Crippen LogP contribution in [0.1, 0.15) is 0 Å². The predicted octanol–water partition coefficient (Wildman–Crippen LogP) is 4.82. The molecule has 0 aliphatic heterocycles. The molecule has 1 nitrogen and oxygen atoms in total. The average molecular weight is 240 g/mol. The van der Waals surface area contributed by atoms with Crippen molar-refractivity contribution >= 4 is 23.2 Å². The Morgan fingerprint density at radius 3 is 2.07 bits per heavy atom. The number of benzene rings is 2. The maximum atomic E-state index is 6.10. The van der Waals surface area contributed by atoms with Crippen LogP contribution in [-0.4, -0.2) is 0 Å².